The number of hydrogen-bond donors (Lipinski definition) is 1. The van der Waals surface area contributed by atoms with Gasteiger partial charge < -0.3 is 5.11 Å². The van der Waals surface area contributed by atoms with Crippen molar-refractivity contribution < 1.29 is 5.11 Å². The van der Waals surface area contributed by atoms with Gasteiger partial charge in [0.1, 0.15) is 0 Å². The van der Waals surface area contributed by atoms with Crippen molar-refractivity contribution in [1.29, 1.82) is 0 Å². The summed E-state index contributed by atoms with van der Waals surface area (Å²) in [5.41, 5.74) is 1.53. The van der Waals surface area contributed by atoms with Gasteiger partial charge in [-0.15, -0.1) is 6.58 Å². The van der Waals surface area contributed by atoms with E-state index >= 15 is 0 Å². The SMILES string of the molecule is C=CC(C)=CC=CC(C)(O)CCCC(=C)C. The summed E-state index contributed by atoms with van der Waals surface area (Å²) in [6.45, 7) is 13.3. The van der Waals surface area contributed by atoms with Gasteiger partial charge in [-0.05, 0) is 40.0 Å². The molecule has 0 saturated heterocycles. The highest BCUT2D eigenvalue weighted by Crippen LogP contribution is 2.17. The molecular weight excluding hydrogens is 196 g/mol. The van der Waals surface area contributed by atoms with Crippen molar-refractivity contribution in [2.24, 2.45) is 0 Å². The lowest BCUT2D eigenvalue weighted by atomic mass is 9.97. The molecular formula is C15H24O. The van der Waals surface area contributed by atoms with Crippen LogP contribution in [0.25, 0.3) is 0 Å². The van der Waals surface area contributed by atoms with E-state index in [4.69, 9.17) is 0 Å². The van der Waals surface area contributed by atoms with Crippen molar-refractivity contribution in [1.82, 2.24) is 0 Å². The fraction of sp³-hybridized carbons (Fsp3) is 0.467. The molecule has 0 aliphatic heterocycles. The van der Waals surface area contributed by atoms with Crippen molar-refractivity contribution in [3.8, 4) is 0 Å². The van der Waals surface area contributed by atoms with Crippen LogP contribution in [0.2, 0.25) is 0 Å². The monoisotopic (exact) mass is 220 g/mol. The Morgan fingerprint density at radius 1 is 1.38 bits per heavy atom. The average molecular weight is 220 g/mol. The molecule has 16 heavy (non-hydrogen) atoms. The van der Waals surface area contributed by atoms with Gasteiger partial charge in [-0.1, -0.05) is 42.0 Å². The first-order chi connectivity index (χ1) is 7.37. The Hall–Kier alpha value is -1.08. The molecule has 0 heterocycles. The smallest absolute Gasteiger partial charge is 0.0802 e. The maximum atomic E-state index is 10.0. The van der Waals surface area contributed by atoms with Crippen LogP contribution in [-0.2, 0) is 0 Å². The first-order valence-corrected chi connectivity index (χ1v) is 5.73. The maximum Gasteiger partial charge on any atom is 0.0802 e. The molecule has 0 aliphatic carbocycles. The topological polar surface area (TPSA) is 20.2 Å². The second-order valence-corrected chi connectivity index (χ2v) is 4.64. The second-order valence-electron chi connectivity index (χ2n) is 4.64. The quantitative estimate of drug-likeness (QED) is 0.504. The van der Waals surface area contributed by atoms with Gasteiger partial charge in [-0.3, -0.25) is 0 Å². The number of hydrogen-bond acceptors (Lipinski definition) is 1. The molecule has 0 amide bonds. The van der Waals surface area contributed by atoms with Crippen molar-refractivity contribution in [3.05, 3.63) is 48.6 Å². The Morgan fingerprint density at radius 2 is 2.00 bits per heavy atom. The van der Waals surface area contributed by atoms with Gasteiger partial charge in [0.15, 0.2) is 0 Å². The Kier molecular flexibility index (Phi) is 6.75. The molecule has 0 fully saturated rings. The van der Waals surface area contributed by atoms with Gasteiger partial charge in [-0.2, -0.15) is 0 Å². The third-order valence-corrected chi connectivity index (χ3v) is 2.42. The molecule has 90 valence electrons. The van der Waals surface area contributed by atoms with Crippen molar-refractivity contribution in [2.45, 2.75) is 45.6 Å². The highest BCUT2D eigenvalue weighted by Gasteiger charge is 2.14. The molecule has 1 nitrogen and oxygen atoms in total. The van der Waals surface area contributed by atoms with E-state index in [1.165, 1.54) is 5.57 Å². The Balaban J connectivity index is 4.13. The van der Waals surface area contributed by atoms with Crippen LogP contribution >= 0.6 is 0 Å². The molecule has 0 rings (SSSR count). The molecule has 0 aliphatic rings. The normalized spacial score (nSPS) is 16.1. The lowest BCUT2D eigenvalue weighted by Crippen LogP contribution is -2.20. The van der Waals surface area contributed by atoms with Crippen LogP contribution < -0.4 is 0 Å². The summed E-state index contributed by atoms with van der Waals surface area (Å²) in [6.07, 6.45) is 10.2. The number of aliphatic hydroxyl groups is 1. The van der Waals surface area contributed by atoms with E-state index in [2.05, 4.69) is 13.2 Å². The second kappa shape index (κ2) is 7.24. The zero-order chi connectivity index (χ0) is 12.6. The molecule has 0 aromatic rings. The average Bonchev–Trinajstić information content (AvgIpc) is 2.16. The molecule has 0 bridgehead atoms. The van der Waals surface area contributed by atoms with E-state index in [9.17, 15) is 5.11 Å². The predicted molar refractivity (Wildman–Crippen MR) is 72.4 cm³/mol. The molecule has 1 atom stereocenters. The summed E-state index contributed by atoms with van der Waals surface area (Å²) in [6, 6.07) is 0. The molecule has 0 aromatic heterocycles. The van der Waals surface area contributed by atoms with Crippen LogP contribution in [0.15, 0.2) is 48.6 Å². The third kappa shape index (κ3) is 8.25. The molecule has 0 aromatic carbocycles. The van der Waals surface area contributed by atoms with E-state index in [0.29, 0.717) is 0 Å². The lowest BCUT2D eigenvalue weighted by molar-refractivity contribution is 0.0995. The minimum atomic E-state index is -0.729. The minimum Gasteiger partial charge on any atom is -0.386 e. The maximum absolute atomic E-state index is 10.0. The highest BCUT2D eigenvalue weighted by molar-refractivity contribution is 5.21. The van der Waals surface area contributed by atoms with E-state index < -0.39 is 5.60 Å². The van der Waals surface area contributed by atoms with E-state index in [1.54, 1.807) is 6.08 Å². The number of allylic oxidation sites excluding steroid dienone is 5. The summed E-state index contributed by atoms with van der Waals surface area (Å²) in [7, 11) is 0. The van der Waals surface area contributed by atoms with Crippen LogP contribution in [-0.4, -0.2) is 10.7 Å². The molecule has 1 heteroatoms. The van der Waals surface area contributed by atoms with Gasteiger partial charge in [-0.25, -0.2) is 0 Å². The molecule has 1 unspecified atom stereocenters. The zero-order valence-electron chi connectivity index (χ0n) is 10.8. The van der Waals surface area contributed by atoms with Crippen LogP contribution in [0.3, 0.4) is 0 Å². The van der Waals surface area contributed by atoms with Crippen molar-refractivity contribution in [2.75, 3.05) is 0 Å². The van der Waals surface area contributed by atoms with E-state index in [-0.39, 0.29) is 0 Å². The van der Waals surface area contributed by atoms with Gasteiger partial charge in [0.05, 0.1) is 5.60 Å². The molecule has 1 N–H and O–H groups in total. The third-order valence-electron chi connectivity index (χ3n) is 2.42. The molecule has 0 radical (unpaired) electrons. The van der Waals surface area contributed by atoms with Crippen LogP contribution in [0, 0.1) is 0 Å². The summed E-state index contributed by atoms with van der Waals surface area (Å²) in [4.78, 5) is 0. The first kappa shape index (κ1) is 14.9. The number of rotatable bonds is 7. The summed E-state index contributed by atoms with van der Waals surface area (Å²) >= 11 is 0. The van der Waals surface area contributed by atoms with Crippen LogP contribution in [0.1, 0.15) is 40.0 Å². The Bertz CT molecular complexity index is 293. The summed E-state index contributed by atoms with van der Waals surface area (Å²) in [5.74, 6) is 0. The standard InChI is InChI=1S/C15H24O/c1-6-14(4)10-8-12-15(5,16)11-7-9-13(2)3/h6,8,10,12,16H,1-2,7,9,11H2,3-5H3. The molecule has 0 spiro atoms. The fourth-order valence-electron chi connectivity index (χ4n) is 1.31. The molecule has 0 saturated carbocycles. The van der Waals surface area contributed by atoms with Gasteiger partial charge in [0.25, 0.3) is 0 Å². The fourth-order valence-corrected chi connectivity index (χ4v) is 1.31. The Labute approximate surface area is 99.9 Å². The largest absolute Gasteiger partial charge is 0.386 e. The lowest BCUT2D eigenvalue weighted by Gasteiger charge is -2.18. The van der Waals surface area contributed by atoms with E-state index in [0.717, 1.165) is 24.8 Å². The van der Waals surface area contributed by atoms with Crippen LogP contribution in [0.4, 0.5) is 0 Å². The van der Waals surface area contributed by atoms with Gasteiger partial charge in [0.2, 0.25) is 0 Å². The van der Waals surface area contributed by atoms with Crippen molar-refractivity contribution in [3.63, 3.8) is 0 Å². The summed E-state index contributed by atoms with van der Waals surface area (Å²) < 4.78 is 0. The predicted octanol–water partition coefficient (Wildman–Crippen LogP) is 4.17. The van der Waals surface area contributed by atoms with Crippen molar-refractivity contribution >= 4 is 0 Å². The first-order valence-electron chi connectivity index (χ1n) is 5.73. The van der Waals surface area contributed by atoms with E-state index in [1.807, 2.05) is 39.0 Å². The minimum absolute atomic E-state index is 0.729. The Morgan fingerprint density at radius 3 is 2.50 bits per heavy atom. The highest BCUT2D eigenvalue weighted by atomic mass is 16.3. The van der Waals surface area contributed by atoms with Gasteiger partial charge >= 0.3 is 0 Å². The zero-order valence-corrected chi connectivity index (χ0v) is 10.8. The van der Waals surface area contributed by atoms with Crippen LogP contribution in [0.5, 0.6) is 0 Å². The van der Waals surface area contributed by atoms with Gasteiger partial charge in [0, 0.05) is 0 Å². The summed E-state index contributed by atoms with van der Waals surface area (Å²) in [5, 5.41) is 10.0.